The van der Waals surface area contributed by atoms with Gasteiger partial charge in [-0.05, 0) is 19.8 Å². The summed E-state index contributed by atoms with van der Waals surface area (Å²) in [6.45, 7) is 6.44. The standard InChI is InChI=1S/C41H84O4S/c1-4-6-8-10-12-14-16-18-20-21-22-23-24-26-28-30-32-34-36-38-40-41(3,45-46(42,43)44)39-37-35-33-31-29-27-25-19-17-15-13-11-9-7-5-2/h4-40H2,1-3H3,(H,42,43,44). The molecular weight excluding hydrogens is 589 g/mol. The van der Waals surface area contributed by atoms with Gasteiger partial charge in [-0.2, -0.15) is 8.42 Å². The molecule has 0 aliphatic heterocycles. The van der Waals surface area contributed by atoms with Gasteiger partial charge in [0.1, 0.15) is 0 Å². The van der Waals surface area contributed by atoms with E-state index in [1.54, 1.807) is 0 Å². The molecule has 278 valence electrons. The maximum Gasteiger partial charge on any atom is 0.397 e. The van der Waals surface area contributed by atoms with Crippen molar-refractivity contribution in [3.8, 4) is 0 Å². The van der Waals surface area contributed by atoms with Crippen molar-refractivity contribution in [1.29, 1.82) is 0 Å². The SMILES string of the molecule is CCCCCCCCCCCCCCCCCCCCCCC(C)(CCCCCCCCCCCCCCCCC)OS(=O)(=O)O. The molecule has 0 aromatic carbocycles. The second kappa shape index (κ2) is 34.7. The van der Waals surface area contributed by atoms with Gasteiger partial charge in [0.05, 0.1) is 5.60 Å². The Morgan fingerprint density at radius 1 is 0.370 bits per heavy atom. The average molecular weight is 673 g/mol. The molecule has 0 aliphatic carbocycles. The highest BCUT2D eigenvalue weighted by atomic mass is 32.3. The zero-order valence-corrected chi connectivity index (χ0v) is 32.6. The van der Waals surface area contributed by atoms with Crippen LogP contribution in [-0.4, -0.2) is 18.6 Å². The fraction of sp³-hybridized carbons (Fsp3) is 1.00. The third kappa shape index (κ3) is 36.7. The minimum Gasteiger partial charge on any atom is -0.264 e. The molecule has 1 atom stereocenters. The molecule has 0 heterocycles. The first-order valence-electron chi connectivity index (χ1n) is 21.0. The average Bonchev–Trinajstić information content (AvgIpc) is 3.01. The van der Waals surface area contributed by atoms with E-state index in [2.05, 4.69) is 13.8 Å². The Balaban J connectivity index is 3.67. The zero-order chi connectivity index (χ0) is 33.9. The largest absolute Gasteiger partial charge is 0.397 e. The molecule has 0 fully saturated rings. The van der Waals surface area contributed by atoms with Gasteiger partial charge in [-0.1, -0.05) is 239 Å². The second-order valence-electron chi connectivity index (χ2n) is 15.1. The van der Waals surface area contributed by atoms with Crippen LogP contribution < -0.4 is 0 Å². The van der Waals surface area contributed by atoms with Crippen LogP contribution in [0.2, 0.25) is 0 Å². The second-order valence-corrected chi connectivity index (χ2v) is 16.2. The lowest BCUT2D eigenvalue weighted by atomic mass is 9.91. The van der Waals surface area contributed by atoms with Gasteiger partial charge in [-0.3, -0.25) is 4.55 Å². The van der Waals surface area contributed by atoms with E-state index in [0.717, 1.165) is 25.7 Å². The molecular formula is C41H84O4S. The number of hydrogen-bond acceptors (Lipinski definition) is 3. The van der Waals surface area contributed by atoms with Crippen molar-refractivity contribution >= 4 is 10.4 Å². The van der Waals surface area contributed by atoms with E-state index >= 15 is 0 Å². The van der Waals surface area contributed by atoms with Crippen LogP contribution in [0.15, 0.2) is 0 Å². The lowest BCUT2D eigenvalue weighted by Gasteiger charge is -2.28. The normalized spacial score (nSPS) is 13.4. The molecule has 1 unspecified atom stereocenters. The molecule has 0 saturated heterocycles. The van der Waals surface area contributed by atoms with Crippen LogP contribution in [0.5, 0.6) is 0 Å². The van der Waals surface area contributed by atoms with E-state index in [1.807, 2.05) is 6.92 Å². The van der Waals surface area contributed by atoms with Crippen molar-refractivity contribution in [2.75, 3.05) is 0 Å². The predicted octanol–water partition coefficient (Wildman–Crippen LogP) is 15.0. The Morgan fingerprint density at radius 3 is 0.717 bits per heavy atom. The van der Waals surface area contributed by atoms with Gasteiger partial charge in [0.2, 0.25) is 0 Å². The van der Waals surface area contributed by atoms with E-state index in [1.165, 1.54) is 199 Å². The molecule has 0 saturated carbocycles. The first-order chi connectivity index (χ1) is 22.3. The topological polar surface area (TPSA) is 63.6 Å². The van der Waals surface area contributed by atoms with Crippen LogP contribution >= 0.6 is 0 Å². The first-order valence-corrected chi connectivity index (χ1v) is 22.4. The maximum atomic E-state index is 11.5. The molecule has 4 nitrogen and oxygen atoms in total. The van der Waals surface area contributed by atoms with Crippen LogP contribution in [0, 0.1) is 0 Å². The molecule has 0 bridgehead atoms. The van der Waals surface area contributed by atoms with E-state index in [4.69, 9.17) is 4.18 Å². The van der Waals surface area contributed by atoms with Gasteiger partial charge in [0.15, 0.2) is 0 Å². The molecule has 0 aromatic rings. The molecule has 0 aliphatic rings. The summed E-state index contributed by atoms with van der Waals surface area (Å²) in [4.78, 5) is 0. The fourth-order valence-electron chi connectivity index (χ4n) is 7.09. The monoisotopic (exact) mass is 673 g/mol. The van der Waals surface area contributed by atoms with Gasteiger partial charge in [0, 0.05) is 0 Å². The molecule has 46 heavy (non-hydrogen) atoms. The van der Waals surface area contributed by atoms with E-state index < -0.39 is 16.0 Å². The Kier molecular flexibility index (Phi) is 34.6. The van der Waals surface area contributed by atoms with E-state index in [9.17, 15) is 13.0 Å². The third-order valence-electron chi connectivity index (χ3n) is 10.2. The Labute approximate surface area is 290 Å². The van der Waals surface area contributed by atoms with Gasteiger partial charge < -0.3 is 0 Å². The Bertz CT molecular complexity index is 695. The van der Waals surface area contributed by atoms with Crippen molar-refractivity contribution < 1.29 is 17.2 Å². The van der Waals surface area contributed by atoms with E-state index in [-0.39, 0.29) is 0 Å². The van der Waals surface area contributed by atoms with Gasteiger partial charge >= 0.3 is 10.4 Å². The molecule has 0 rings (SSSR count). The molecule has 1 N–H and O–H groups in total. The summed E-state index contributed by atoms with van der Waals surface area (Å²) < 4.78 is 37.7. The van der Waals surface area contributed by atoms with Crippen LogP contribution in [0.4, 0.5) is 0 Å². The fourth-order valence-corrected chi connectivity index (χ4v) is 7.76. The summed E-state index contributed by atoms with van der Waals surface area (Å²) in [5.41, 5.74) is -0.779. The number of hydrogen-bond donors (Lipinski definition) is 1. The molecule has 0 spiro atoms. The van der Waals surface area contributed by atoms with Gasteiger partial charge in [-0.25, -0.2) is 4.18 Å². The van der Waals surface area contributed by atoms with Gasteiger partial charge in [0.25, 0.3) is 0 Å². The van der Waals surface area contributed by atoms with Crippen LogP contribution in [0.3, 0.4) is 0 Å². The lowest BCUT2D eigenvalue weighted by molar-refractivity contribution is 0.0575. The predicted molar refractivity (Wildman–Crippen MR) is 203 cm³/mol. The zero-order valence-electron chi connectivity index (χ0n) is 31.7. The molecule has 0 amide bonds. The van der Waals surface area contributed by atoms with Crippen molar-refractivity contribution in [2.24, 2.45) is 0 Å². The van der Waals surface area contributed by atoms with Crippen molar-refractivity contribution in [2.45, 2.75) is 264 Å². The summed E-state index contributed by atoms with van der Waals surface area (Å²) in [6.07, 6.45) is 48.2. The minimum atomic E-state index is -4.43. The van der Waals surface area contributed by atoms with Crippen molar-refractivity contribution in [1.82, 2.24) is 0 Å². The summed E-state index contributed by atoms with van der Waals surface area (Å²) >= 11 is 0. The summed E-state index contributed by atoms with van der Waals surface area (Å²) in [5.74, 6) is 0. The van der Waals surface area contributed by atoms with Crippen LogP contribution in [0.25, 0.3) is 0 Å². The highest BCUT2D eigenvalue weighted by Gasteiger charge is 2.29. The number of unbranched alkanes of at least 4 members (excludes halogenated alkanes) is 33. The smallest absolute Gasteiger partial charge is 0.264 e. The maximum absolute atomic E-state index is 11.5. The Morgan fingerprint density at radius 2 is 0.543 bits per heavy atom. The summed E-state index contributed by atoms with van der Waals surface area (Å²) in [6, 6.07) is 0. The molecule has 0 aromatic heterocycles. The first kappa shape index (κ1) is 45.9. The number of rotatable bonds is 39. The van der Waals surface area contributed by atoms with Gasteiger partial charge in [-0.15, -0.1) is 0 Å². The lowest BCUT2D eigenvalue weighted by Crippen LogP contribution is -2.31. The highest BCUT2D eigenvalue weighted by molar-refractivity contribution is 7.80. The molecule has 0 radical (unpaired) electrons. The third-order valence-corrected chi connectivity index (χ3v) is 10.8. The highest BCUT2D eigenvalue weighted by Crippen LogP contribution is 2.28. The quantitative estimate of drug-likeness (QED) is 0.0521. The summed E-state index contributed by atoms with van der Waals surface area (Å²) in [5, 5.41) is 0. The Hall–Kier alpha value is -0.130. The van der Waals surface area contributed by atoms with Crippen LogP contribution in [-0.2, 0) is 14.6 Å². The minimum absolute atomic E-state index is 0.699. The summed E-state index contributed by atoms with van der Waals surface area (Å²) in [7, 11) is -4.43. The van der Waals surface area contributed by atoms with Crippen molar-refractivity contribution in [3.05, 3.63) is 0 Å². The molecule has 5 heteroatoms. The van der Waals surface area contributed by atoms with E-state index in [0.29, 0.717) is 12.8 Å². The van der Waals surface area contributed by atoms with Crippen LogP contribution in [0.1, 0.15) is 258 Å². The van der Waals surface area contributed by atoms with Crippen molar-refractivity contribution in [3.63, 3.8) is 0 Å².